The van der Waals surface area contributed by atoms with E-state index in [-0.39, 0.29) is 11.5 Å². The number of pyridine rings is 1. The summed E-state index contributed by atoms with van der Waals surface area (Å²) >= 11 is 0. The molecular weight excluding hydrogens is 354 g/mol. The summed E-state index contributed by atoms with van der Waals surface area (Å²) in [6.07, 6.45) is 3.39. The van der Waals surface area contributed by atoms with Crippen molar-refractivity contribution in [1.82, 2.24) is 15.0 Å². The summed E-state index contributed by atoms with van der Waals surface area (Å²) in [6, 6.07) is 14.9. The summed E-state index contributed by atoms with van der Waals surface area (Å²) in [6.45, 7) is 2.28. The molecule has 1 amide bonds. The maximum Gasteiger partial charge on any atom is 0.258 e. The molecule has 2 aromatic carbocycles. The first kappa shape index (κ1) is 17.7. The number of aromatic nitrogens is 2. The summed E-state index contributed by atoms with van der Waals surface area (Å²) < 4.78 is 6.66. The number of rotatable bonds is 4. The molecule has 1 N–H and O–H groups in total. The highest BCUT2D eigenvalue weighted by molar-refractivity contribution is 5.94. The van der Waals surface area contributed by atoms with Crippen LogP contribution in [0, 0.1) is 6.92 Å². The zero-order valence-corrected chi connectivity index (χ0v) is 15.6. The quantitative estimate of drug-likeness (QED) is 0.595. The molecule has 6 heteroatoms. The van der Waals surface area contributed by atoms with Crippen LogP contribution in [0.25, 0.3) is 21.9 Å². The molecule has 0 aliphatic rings. The van der Waals surface area contributed by atoms with Crippen LogP contribution in [0.15, 0.2) is 70.3 Å². The Morgan fingerprint density at radius 3 is 2.79 bits per heavy atom. The van der Waals surface area contributed by atoms with Crippen molar-refractivity contribution >= 4 is 16.7 Å². The van der Waals surface area contributed by atoms with E-state index in [1.54, 1.807) is 36.2 Å². The molecule has 4 aromatic rings. The maximum absolute atomic E-state index is 12.9. The molecule has 0 saturated heterocycles. The third-order valence-corrected chi connectivity index (χ3v) is 4.81. The Bertz CT molecular complexity index is 1240. The van der Waals surface area contributed by atoms with Crippen LogP contribution in [0.4, 0.5) is 0 Å². The van der Waals surface area contributed by atoms with Gasteiger partial charge >= 0.3 is 0 Å². The Morgan fingerprint density at radius 2 is 2.04 bits per heavy atom. The summed E-state index contributed by atoms with van der Waals surface area (Å²) in [5.74, 6) is -0.149. The smallest absolute Gasteiger partial charge is 0.258 e. The summed E-state index contributed by atoms with van der Waals surface area (Å²) in [5.41, 5.74) is 4.07. The molecule has 0 saturated carbocycles. The molecule has 2 heterocycles. The fourth-order valence-electron chi connectivity index (χ4n) is 3.30. The highest BCUT2D eigenvalue weighted by Crippen LogP contribution is 2.25. The number of carbonyl (C=O) groups excluding carboxylic acids is 1. The van der Waals surface area contributed by atoms with Crippen molar-refractivity contribution in [1.29, 1.82) is 0 Å². The van der Waals surface area contributed by atoms with E-state index in [4.69, 9.17) is 4.52 Å². The molecule has 0 aliphatic carbocycles. The van der Waals surface area contributed by atoms with Gasteiger partial charge in [0.15, 0.2) is 0 Å². The van der Waals surface area contributed by atoms with Crippen LogP contribution >= 0.6 is 0 Å². The van der Waals surface area contributed by atoms with Crippen molar-refractivity contribution in [2.45, 2.75) is 13.5 Å². The Kier molecular flexibility index (Phi) is 4.53. The lowest BCUT2D eigenvalue weighted by Crippen LogP contribution is -2.21. The highest BCUT2D eigenvalue weighted by Gasteiger charge is 2.10. The monoisotopic (exact) mass is 373 g/mol. The van der Waals surface area contributed by atoms with E-state index in [9.17, 15) is 9.59 Å². The fraction of sp³-hybridized carbons (Fsp3) is 0.136. The van der Waals surface area contributed by atoms with E-state index in [1.165, 1.54) is 0 Å². The summed E-state index contributed by atoms with van der Waals surface area (Å²) in [5, 5.41) is 8.02. The highest BCUT2D eigenvalue weighted by atomic mass is 16.5. The number of amides is 1. The van der Waals surface area contributed by atoms with Gasteiger partial charge in [-0.3, -0.25) is 9.59 Å². The van der Waals surface area contributed by atoms with E-state index in [1.807, 2.05) is 43.3 Å². The normalized spacial score (nSPS) is 10.9. The Labute approximate surface area is 161 Å². The lowest BCUT2D eigenvalue weighted by Gasteiger charge is -2.09. The van der Waals surface area contributed by atoms with Crippen LogP contribution in [0.3, 0.4) is 0 Å². The number of hydrogen-bond acceptors (Lipinski definition) is 4. The SMILES string of the molecule is CNC(=O)c1cccc(Cn2ccc3cc(-c4conc4C)ccc3c2=O)c1. The largest absolute Gasteiger partial charge is 0.364 e. The molecule has 4 rings (SSSR count). The van der Waals surface area contributed by atoms with Crippen LogP contribution < -0.4 is 10.9 Å². The first-order valence-electron chi connectivity index (χ1n) is 8.92. The molecule has 6 nitrogen and oxygen atoms in total. The van der Waals surface area contributed by atoms with Gasteiger partial charge in [0.05, 0.1) is 12.2 Å². The van der Waals surface area contributed by atoms with E-state index in [2.05, 4.69) is 10.5 Å². The van der Waals surface area contributed by atoms with Gasteiger partial charge in [-0.25, -0.2) is 0 Å². The number of benzene rings is 2. The van der Waals surface area contributed by atoms with Crippen LogP contribution in [0.2, 0.25) is 0 Å². The number of carbonyl (C=O) groups is 1. The zero-order valence-electron chi connectivity index (χ0n) is 15.6. The van der Waals surface area contributed by atoms with Crippen LogP contribution in [0.1, 0.15) is 21.6 Å². The first-order chi connectivity index (χ1) is 13.6. The van der Waals surface area contributed by atoms with Crippen LogP contribution in [-0.2, 0) is 6.54 Å². The number of nitrogens with zero attached hydrogens (tertiary/aromatic N) is 2. The third-order valence-electron chi connectivity index (χ3n) is 4.81. The number of nitrogens with one attached hydrogen (secondary N) is 1. The standard InChI is InChI=1S/C22H19N3O3/c1-14-20(13-28-24-14)16-6-7-19-17(11-16)8-9-25(22(19)27)12-15-4-3-5-18(10-15)21(26)23-2/h3-11,13H,12H2,1-2H3,(H,23,26). The molecule has 0 fully saturated rings. The Balaban J connectivity index is 1.70. The summed E-state index contributed by atoms with van der Waals surface area (Å²) in [4.78, 5) is 24.7. The molecule has 0 aliphatic heterocycles. The van der Waals surface area contributed by atoms with Crippen LogP contribution in [0.5, 0.6) is 0 Å². The Hall–Kier alpha value is -3.67. The van der Waals surface area contributed by atoms with E-state index in [0.717, 1.165) is 27.8 Å². The van der Waals surface area contributed by atoms with Crippen molar-refractivity contribution in [3.05, 3.63) is 88.2 Å². The molecule has 28 heavy (non-hydrogen) atoms. The van der Waals surface area contributed by atoms with Crippen LogP contribution in [-0.4, -0.2) is 22.7 Å². The van der Waals surface area contributed by atoms with Gasteiger partial charge in [0.1, 0.15) is 6.26 Å². The molecular formula is C22H19N3O3. The molecule has 0 bridgehead atoms. The van der Waals surface area contributed by atoms with Gasteiger partial charge in [0.2, 0.25) is 0 Å². The average molecular weight is 373 g/mol. The van der Waals surface area contributed by atoms with Crippen molar-refractivity contribution < 1.29 is 9.32 Å². The van der Waals surface area contributed by atoms with Crippen molar-refractivity contribution in [2.24, 2.45) is 0 Å². The minimum absolute atomic E-state index is 0.0727. The van der Waals surface area contributed by atoms with Gasteiger partial charge in [-0.2, -0.15) is 0 Å². The molecule has 0 atom stereocenters. The topological polar surface area (TPSA) is 77.1 Å². The minimum atomic E-state index is -0.149. The maximum atomic E-state index is 12.9. The molecule has 0 spiro atoms. The van der Waals surface area contributed by atoms with Gasteiger partial charge < -0.3 is 14.4 Å². The Morgan fingerprint density at radius 1 is 1.18 bits per heavy atom. The molecule has 140 valence electrons. The second kappa shape index (κ2) is 7.15. The lowest BCUT2D eigenvalue weighted by atomic mass is 10.0. The third kappa shape index (κ3) is 3.20. The molecule has 2 aromatic heterocycles. The lowest BCUT2D eigenvalue weighted by molar-refractivity contribution is 0.0963. The first-order valence-corrected chi connectivity index (χ1v) is 8.92. The second-order valence-corrected chi connectivity index (χ2v) is 6.64. The van der Waals surface area contributed by atoms with Gasteiger partial charge in [-0.1, -0.05) is 23.4 Å². The number of fused-ring (bicyclic) bond motifs is 1. The van der Waals surface area contributed by atoms with Gasteiger partial charge in [0, 0.05) is 29.8 Å². The predicted octanol–water partition coefficient (Wildman–Crippen LogP) is 3.37. The average Bonchev–Trinajstić information content (AvgIpc) is 3.15. The van der Waals surface area contributed by atoms with Crippen molar-refractivity contribution in [3.8, 4) is 11.1 Å². The van der Waals surface area contributed by atoms with Crippen molar-refractivity contribution in [3.63, 3.8) is 0 Å². The van der Waals surface area contributed by atoms with Gasteiger partial charge in [-0.05, 0) is 53.8 Å². The van der Waals surface area contributed by atoms with Crippen molar-refractivity contribution in [2.75, 3.05) is 7.05 Å². The zero-order chi connectivity index (χ0) is 19.7. The predicted molar refractivity (Wildman–Crippen MR) is 107 cm³/mol. The number of hydrogen-bond donors (Lipinski definition) is 1. The summed E-state index contributed by atoms with van der Waals surface area (Å²) in [7, 11) is 1.60. The molecule has 0 unspecified atom stereocenters. The van der Waals surface area contributed by atoms with E-state index < -0.39 is 0 Å². The van der Waals surface area contributed by atoms with E-state index in [0.29, 0.717) is 17.5 Å². The number of aryl methyl sites for hydroxylation is 1. The fourth-order valence-corrected chi connectivity index (χ4v) is 3.30. The molecule has 0 radical (unpaired) electrons. The second-order valence-electron chi connectivity index (χ2n) is 6.64. The van der Waals surface area contributed by atoms with Gasteiger partial charge in [0.25, 0.3) is 11.5 Å². The van der Waals surface area contributed by atoms with E-state index >= 15 is 0 Å². The minimum Gasteiger partial charge on any atom is -0.364 e. The van der Waals surface area contributed by atoms with Gasteiger partial charge in [-0.15, -0.1) is 0 Å².